The fourth-order valence-corrected chi connectivity index (χ4v) is 5.19. The van der Waals surface area contributed by atoms with E-state index in [1.54, 1.807) is 0 Å². The molecule has 0 atom stereocenters. The zero-order chi connectivity index (χ0) is 21.2. The number of rotatable bonds is 6. The number of carbonyl (C=O) groups excluding carboxylic acids is 2. The summed E-state index contributed by atoms with van der Waals surface area (Å²) in [6, 6.07) is 7.54. The number of nitriles is 1. The number of esters is 1. The van der Waals surface area contributed by atoms with Gasteiger partial charge in [0.15, 0.2) is 6.61 Å². The van der Waals surface area contributed by atoms with Crippen LogP contribution in [-0.4, -0.2) is 45.3 Å². The lowest BCUT2D eigenvalue weighted by Crippen LogP contribution is -2.23. The molecule has 0 radical (unpaired) electrons. The van der Waals surface area contributed by atoms with Crippen molar-refractivity contribution in [3.63, 3.8) is 0 Å². The fraction of sp³-hybridized carbons (Fsp3) is 0.316. The van der Waals surface area contributed by atoms with Gasteiger partial charge in [0.1, 0.15) is 11.1 Å². The molecular weight excluding hydrogens is 414 g/mol. The summed E-state index contributed by atoms with van der Waals surface area (Å²) in [7, 11) is -0.915. The second kappa shape index (κ2) is 8.32. The first kappa shape index (κ1) is 21.0. The largest absolute Gasteiger partial charge is 0.452 e. The van der Waals surface area contributed by atoms with Crippen LogP contribution in [0.5, 0.6) is 0 Å². The second-order valence-corrected chi connectivity index (χ2v) is 9.87. The van der Waals surface area contributed by atoms with E-state index in [9.17, 15) is 23.3 Å². The summed E-state index contributed by atoms with van der Waals surface area (Å²) in [6.07, 6.45) is 2.72. The van der Waals surface area contributed by atoms with E-state index in [-0.39, 0.29) is 10.5 Å². The van der Waals surface area contributed by atoms with Crippen molar-refractivity contribution in [2.24, 2.45) is 0 Å². The molecule has 0 aliphatic heterocycles. The third-order valence-electron chi connectivity index (χ3n) is 4.47. The molecule has 1 aromatic heterocycles. The Labute approximate surface area is 172 Å². The monoisotopic (exact) mass is 433 g/mol. The van der Waals surface area contributed by atoms with Crippen LogP contribution >= 0.6 is 11.3 Å². The number of fused-ring (bicyclic) bond motifs is 1. The van der Waals surface area contributed by atoms with Crippen LogP contribution in [0, 0.1) is 11.3 Å². The van der Waals surface area contributed by atoms with Crippen molar-refractivity contribution in [2.45, 2.75) is 24.2 Å². The fourth-order valence-electron chi connectivity index (χ4n) is 2.98. The van der Waals surface area contributed by atoms with Crippen LogP contribution in [-0.2, 0) is 32.4 Å². The highest BCUT2D eigenvalue weighted by molar-refractivity contribution is 7.89. The number of carbonyl (C=O) groups is 2. The molecule has 29 heavy (non-hydrogen) atoms. The van der Waals surface area contributed by atoms with E-state index >= 15 is 0 Å². The van der Waals surface area contributed by atoms with Gasteiger partial charge in [-0.2, -0.15) is 5.26 Å². The number of benzene rings is 1. The third-order valence-corrected chi connectivity index (χ3v) is 7.49. The van der Waals surface area contributed by atoms with Gasteiger partial charge in [-0.05, 0) is 43.0 Å². The standard InChI is InChI=1S/C19H19N3O5S2/c1-22(2)29(25,26)13-6-3-5-12(9-13)19(24)27-11-17(23)21-18-15(10-20)14-7-4-8-16(14)28-18/h3,5-6,9H,4,7-8,11H2,1-2H3,(H,21,23). The summed E-state index contributed by atoms with van der Waals surface area (Å²) < 4.78 is 30.4. The molecule has 1 aromatic carbocycles. The number of sulfonamides is 1. The Morgan fingerprint density at radius 3 is 2.76 bits per heavy atom. The van der Waals surface area contributed by atoms with Gasteiger partial charge in [-0.3, -0.25) is 4.79 Å². The number of hydrogen-bond acceptors (Lipinski definition) is 7. The molecule has 0 spiro atoms. The first-order chi connectivity index (χ1) is 13.7. The van der Waals surface area contributed by atoms with Crippen LogP contribution in [0.25, 0.3) is 0 Å². The van der Waals surface area contributed by atoms with Gasteiger partial charge in [-0.1, -0.05) is 6.07 Å². The van der Waals surface area contributed by atoms with E-state index in [1.165, 1.54) is 49.7 Å². The minimum Gasteiger partial charge on any atom is -0.452 e. The molecule has 1 amide bonds. The van der Waals surface area contributed by atoms with Crippen molar-refractivity contribution in [1.82, 2.24) is 4.31 Å². The van der Waals surface area contributed by atoms with Crippen LogP contribution in [0.4, 0.5) is 5.00 Å². The van der Waals surface area contributed by atoms with Crippen LogP contribution in [0.15, 0.2) is 29.2 Å². The Bertz CT molecular complexity index is 1110. The lowest BCUT2D eigenvalue weighted by molar-refractivity contribution is -0.119. The molecule has 0 bridgehead atoms. The van der Waals surface area contributed by atoms with E-state index < -0.39 is 28.5 Å². The van der Waals surface area contributed by atoms with E-state index in [0.29, 0.717) is 10.6 Å². The predicted octanol–water partition coefficient (Wildman–Crippen LogP) is 2.15. The maximum Gasteiger partial charge on any atom is 0.338 e. The summed E-state index contributed by atoms with van der Waals surface area (Å²) in [5.74, 6) is -1.38. The van der Waals surface area contributed by atoms with Gasteiger partial charge >= 0.3 is 5.97 Å². The Kier molecular flexibility index (Phi) is 6.02. The molecule has 0 saturated heterocycles. The number of thiophene rings is 1. The minimum atomic E-state index is -3.69. The zero-order valence-electron chi connectivity index (χ0n) is 15.9. The average molecular weight is 434 g/mol. The molecule has 10 heteroatoms. The molecule has 2 aromatic rings. The normalized spacial score (nSPS) is 13.0. The molecule has 0 fully saturated rings. The van der Waals surface area contributed by atoms with Gasteiger partial charge in [0, 0.05) is 19.0 Å². The van der Waals surface area contributed by atoms with Gasteiger partial charge in [-0.15, -0.1) is 11.3 Å². The zero-order valence-corrected chi connectivity index (χ0v) is 17.5. The highest BCUT2D eigenvalue weighted by Gasteiger charge is 2.24. The van der Waals surface area contributed by atoms with Gasteiger partial charge in [0.25, 0.3) is 5.91 Å². The number of ether oxygens (including phenoxy) is 1. The minimum absolute atomic E-state index is 0.0218. The molecule has 152 valence electrons. The molecule has 0 saturated carbocycles. The lowest BCUT2D eigenvalue weighted by atomic mass is 10.1. The van der Waals surface area contributed by atoms with Crippen molar-refractivity contribution in [3.05, 3.63) is 45.8 Å². The van der Waals surface area contributed by atoms with Crippen LogP contribution in [0.3, 0.4) is 0 Å². The molecule has 1 heterocycles. The van der Waals surface area contributed by atoms with Crippen LogP contribution in [0.1, 0.15) is 32.8 Å². The van der Waals surface area contributed by atoms with Crippen molar-refractivity contribution in [1.29, 1.82) is 5.26 Å². The van der Waals surface area contributed by atoms with Gasteiger partial charge in [-0.25, -0.2) is 17.5 Å². The first-order valence-corrected chi connectivity index (χ1v) is 11.0. The third kappa shape index (κ3) is 4.32. The van der Waals surface area contributed by atoms with Crippen LogP contribution < -0.4 is 5.32 Å². The smallest absolute Gasteiger partial charge is 0.338 e. The summed E-state index contributed by atoms with van der Waals surface area (Å²) >= 11 is 1.37. The lowest BCUT2D eigenvalue weighted by Gasteiger charge is -2.12. The van der Waals surface area contributed by atoms with Gasteiger partial charge < -0.3 is 10.1 Å². The van der Waals surface area contributed by atoms with Crippen molar-refractivity contribution in [3.8, 4) is 6.07 Å². The van der Waals surface area contributed by atoms with Crippen molar-refractivity contribution < 1.29 is 22.7 Å². The van der Waals surface area contributed by atoms with Gasteiger partial charge in [0.2, 0.25) is 10.0 Å². The molecular formula is C19H19N3O5S2. The number of amides is 1. The topological polar surface area (TPSA) is 117 Å². The van der Waals surface area contributed by atoms with E-state index in [0.717, 1.165) is 34.0 Å². The van der Waals surface area contributed by atoms with Crippen molar-refractivity contribution in [2.75, 3.05) is 26.0 Å². The summed E-state index contributed by atoms with van der Waals surface area (Å²) in [6.45, 7) is -0.545. The highest BCUT2D eigenvalue weighted by Crippen LogP contribution is 2.38. The Morgan fingerprint density at radius 2 is 2.07 bits per heavy atom. The Morgan fingerprint density at radius 1 is 1.31 bits per heavy atom. The first-order valence-electron chi connectivity index (χ1n) is 8.78. The molecule has 8 nitrogen and oxygen atoms in total. The predicted molar refractivity (Wildman–Crippen MR) is 107 cm³/mol. The molecule has 1 aliphatic carbocycles. The summed E-state index contributed by atoms with van der Waals surface area (Å²) in [5.41, 5.74) is 1.49. The number of anilines is 1. The maximum atomic E-state index is 12.2. The van der Waals surface area contributed by atoms with E-state index in [2.05, 4.69) is 11.4 Å². The summed E-state index contributed by atoms with van der Waals surface area (Å²) in [4.78, 5) is 25.4. The highest BCUT2D eigenvalue weighted by atomic mass is 32.2. The molecule has 3 rings (SSSR count). The molecule has 0 unspecified atom stereocenters. The Balaban J connectivity index is 1.64. The quantitative estimate of drug-likeness (QED) is 0.698. The van der Waals surface area contributed by atoms with E-state index in [4.69, 9.17) is 4.74 Å². The summed E-state index contributed by atoms with van der Waals surface area (Å²) in [5, 5.41) is 12.4. The number of nitrogens with zero attached hydrogens (tertiary/aromatic N) is 2. The average Bonchev–Trinajstić information content (AvgIpc) is 3.26. The second-order valence-electron chi connectivity index (χ2n) is 6.61. The number of nitrogens with one attached hydrogen (secondary N) is 1. The maximum absolute atomic E-state index is 12.2. The molecule has 1 aliphatic rings. The van der Waals surface area contributed by atoms with Gasteiger partial charge in [0.05, 0.1) is 16.0 Å². The Hall–Kier alpha value is -2.74. The number of hydrogen-bond donors (Lipinski definition) is 1. The van der Waals surface area contributed by atoms with Crippen molar-refractivity contribution >= 4 is 38.2 Å². The van der Waals surface area contributed by atoms with Crippen LogP contribution in [0.2, 0.25) is 0 Å². The number of aryl methyl sites for hydroxylation is 1. The van der Waals surface area contributed by atoms with E-state index in [1.807, 2.05) is 0 Å². The SMILES string of the molecule is CN(C)S(=O)(=O)c1cccc(C(=O)OCC(=O)Nc2sc3c(c2C#N)CCC3)c1. The molecule has 1 N–H and O–H groups in total.